The number of pyridine rings is 2. The van der Waals surface area contributed by atoms with Crippen molar-refractivity contribution in [2.75, 3.05) is 25.5 Å². The van der Waals surface area contributed by atoms with Crippen LogP contribution in [-0.4, -0.2) is 58.0 Å². The van der Waals surface area contributed by atoms with E-state index in [-0.39, 0.29) is 23.9 Å². The third-order valence-corrected chi connectivity index (χ3v) is 6.88. The number of nitrogens with one attached hydrogen (secondary N) is 3. The van der Waals surface area contributed by atoms with Gasteiger partial charge in [-0.15, -0.1) is 0 Å². The fraction of sp³-hybridized carbons (Fsp3) is 0.458. The Labute approximate surface area is 193 Å². The van der Waals surface area contributed by atoms with Gasteiger partial charge in [-0.05, 0) is 75.5 Å². The first-order valence-corrected chi connectivity index (χ1v) is 11.8. The Balaban J connectivity index is 1.27. The zero-order valence-corrected chi connectivity index (χ0v) is 19.0. The molecule has 1 aliphatic heterocycles. The summed E-state index contributed by atoms with van der Waals surface area (Å²) in [6.07, 6.45) is 8.75. The van der Waals surface area contributed by atoms with Crippen LogP contribution in [0.4, 0.5) is 5.82 Å². The zero-order chi connectivity index (χ0) is 22.1. The van der Waals surface area contributed by atoms with Crippen LogP contribution in [0.15, 0.2) is 36.7 Å². The van der Waals surface area contributed by atoms with Crippen LogP contribution in [0.5, 0.6) is 0 Å². The maximum absolute atomic E-state index is 12.7. The van der Waals surface area contributed by atoms with Gasteiger partial charge in [-0.25, -0.2) is 9.97 Å². The number of amides is 1. The number of halogens is 1. The van der Waals surface area contributed by atoms with Crippen molar-refractivity contribution in [1.82, 2.24) is 25.2 Å². The first kappa shape index (κ1) is 21.2. The van der Waals surface area contributed by atoms with Crippen molar-refractivity contribution in [2.24, 2.45) is 5.92 Å². The SMILES string of the molecule is CN1CCC(C(=O)NC2CCCC(Nc3cc(-c4c[nH]c5ncccc45)cc(Cl)n3)C2)C1. The second-order valence-electron chi connectivity index (χ2n) is 9.13. The molecule has 1 saturated heterocycles. The van der Waals surface area contributed by atoms with Crippen LogP contribution in [0.2, 0.25) is 5.15 Å². The predicted molar refractivity (Wildman–Crippen MR) is 128 cm³/mol. The summed E-state index contributed by atoms with van der Waals surface area (Å²) in [7, 11) is 2.08. The van der Waals surface area contributed by atoms with E-state index in [1.54, 1.807) is 6.20 Å². The second kappa shape index (κ2) is 9.08. The van der Waals surface area contributed by atoms with Crippen LogP contribution in [-0.2, 0) is 4.79 Å². The molecule has 8 heteroatoms. The van der Waals surface area contributed by atoms with E-state index in [1.807, 2.05) is 30.5 Å². The Kier molecular flexibility index (Phi) is 6.02. The van der Waals surface area contributed by atoms with Crippen LogP contribution in [0.3, 0.4) is 0 Å². The van der Waals surface area contributed by atoms with Crippen molar-refractivity contribution in [3.05, 3.63) is 41.8 Å². The molecular formula is C24H29ClN6O. The normalized spacial score (nSPS) is 24.0. The fourth-order valence-electron chi connectivity index (χ4n) is 5.05. The molecule has 0 aromatic carbocycles. The molecule has 3 atom stereocenters. The van der Waals surface area contributed by atoms with E-state index in [2.05, 4.69) is 37.5 Å². The van der Waals surface area contributed by atoms with Crippen LogP contribution in [0.1, 0.15) is 32.1 Å². The number of aromatic nitrogens is 3. The minimum atomic E-state index is 0.121. The maximum Gasteiger partial charge on any atom is 0.224 e. The number of carbonyl (C=O) groups excluding carboxylic acids is 1. The Morgan fingerprint density at radius 3 is 2.97 bits per heavy atom. The van der Waals surface area contributed by atoms with Crippen molar-refractivity contribution in [2.45, 2.75) is 44.2 Å². The smallest absolute Gasteiger partial charge is 0.224 e. The molecule has 0 radical (unpaired) electrons. The molecule has 1 saturated carbocycles. The molecule has 1 amide bonds. The summed E-state index contributed by atoms with van der Waals surface area (Å²) in [5.74, 6) is 1.09. The lowest BCUT2D eigenvalue weighted by Gasteiger charge is -2.31. The summed E-state index contributed by atoms with van der Waals surface area (Å²) in [6.45, 7) is 1.86. The number of hydrogen-bond acceptors (Lipinski definition) is 5. The molecule has 5 rings (SSSR count). The van der Waals surface area contributed by atoms with Gasteiger partial charge in [0, 0.05) is 42.0 Å². The molecule has 32 heavy (non-hydrogen) atoms. The van der Waals surface area contributed by atoms with Gasteiger partial charge < -0.3 is 20.5 Å². The number of aromatic amines is 1. The van der Waals surface area contributed by atoms with Crippen molar-refractivity contribution in [1.29, 1.82) is 0 Å². The van der Waals surface area contributed by atoms with Crippen molar-refractivity contribution in [3.63, 3.8) is 0 Å². The van der Waals surface area contributed by atoms with Crippen LogP contribution >= 0.6 is 11.6 Å². The highest BCUT2D eigenvalue weighted by Gasteiger charge is 2.29. The van der Waals surface area contributed by atoms with Crippen molar-refractivity contribution in [3.8, 4) is 11.1 Å². The number of fused-ring (bicyclic) bond motifs is 1. The molecule has 3 N–H and O–H groups in total. The Morgan fingerprint density at radius 1 is 1.25 bits per heavy atom. The molecular weight excluding hydrogens is 424 g/mol. The number of anilines is 1. The summed E-state index contributed by atoms with van der Waals surface area (Å²) >= 11 is 6.38. The average Bonchev–Trinajstić information content (AvgIpc) is 3.40. The monoisotopic (exact) mass is 452 g/mol. The van der Waals surface area contributed by atoms with Crippen molar-refractivity contribution >= 4 is 34.4 Å². The van der Waals surface area contributed by atoms with E-state index in [0.717, 1.165) is 73.2 Å². The van der Waals surface area contributed by atoms with Crippen LogP contribution < -0.4 is 10.6 Å². The summed E-state index contributed by atoms with van der Waals surface area (Å²) in [4.78, 5) is 27.0. The minimum absolute atomic E-state index is 0.121. The van der Waals surface area contributed by atoms with Crippen LogP contribution in [0, 0.1) is 5.92 Å². The highest BCUT2D eigenvalue weighted by Crippen LogP contribution is 2.31. The fourth-order valence-corrected chi connectivity index (χ4v) is 5.26. The number of carbonyl (C=O) groups is 1. The van der Waals surface area contributed by atoms with E-state index < -0.39 is 0 Å². The highest BCUT2D eigenvalue weighted by atomic mass is 35.5. The first-order valence-electron chi connectivity index (χ1n) is 11.4. The molecule has 3 aromatic rings. The summed E-state index contributed by atoms with van der Waals surface area (Å²) < 4.78 is 0. The lowest BCUT2D eigenvalue weighted by Crippen LogP contribution is -2.44. The molecule has 0 spiro atoms. The van der Waals surface area contributed by atoms with E-state index in [4.69, 9.17) is 11.6 Å². The number of H-pyrrole nitrogens is 1. The van der Waals surface area contributed by atoms with Gasteiger partial charge in [0.1, 0.15) is 16.6 Å². The summed E-state index contributed by atoms with van der Waals surface area (Å²) in [5, 5.41) is 8.38. The quantitative estimate of drug-likeness (QED) is 0.508. The molecule has 7 nitrogen and oxygen atoms in total. The van der Waals surface area contributed by atoms with Gasteiger partial charge in [0.15, 0.2) is 0 Å². The lowest BCUT2D eigenvalue weighted by atomic mass is 9.90. The third-order valence-electron chi connectivity index (χ3n) is 6.69. The standard InChI is InChI=1S/C24H29ClN6O/c1-31-9-7-15(14-31)24(32)29-18-5-2-4-17(12-18)28-22-11-16(10-21(25)30-22)20-13-27-23-19(20)6-3-8-26-23/h3,6,8,10-11,13,15,17-18H,2,4-5,7,9,12,14H2,1H3,(H,26,27)(H,28,30)(H,29,32). The van der Waals surface area contributed by atoms with Gasteiger partial charge in [-0.3, -0.25) is 4.79 Å². The lowest BCUT2D eigenvalue weighted by molar-refractivity contribution is -0.125. The van der Waals surface area contributed by atoms with E-state index >= 15 is 0 Å². The third kappa shape index (κ3) is 4.59. The van der Waals surface area contributed by atoms with Gasteiger partial charge >= 0.3 is 0 Å². The van der Waals surface area contributed by atoms with Crippen LogP contribution in [0.25, 0.3) is 22.2 Å². The molecule has 168 valence electrons. The number of rotatable bonds is 5. The largest absolute Gasteiger partial charge is 0.367 e. The molecule has 3 unspecified atom stereocenters. The zero-order valence-electron chi connectivity index (χ0n) is 18.3. The summed E-state index contributed by atoms with van der Waals surface area (Å²) in [5.41, 5.74) is 2.90. The number of likely N-dealkylation sites (tertiary alicyclic amines) is 1. The topological polar surface area (TPSA) is 85.9 Å². The molecule has 1 aliphatic carbocycles. The van der Waals surface area contributed by atoms with Gasteiger partial charge in [0.2, 0.25) is 5.91 Å². The predicted octanol–water partition coefficient (Wildman–Crippen LogP) is 4.07. The molecule has 2 aliphatic rings. The Morgan fingerprint density at radius 2 is 2.12 bits per heavy atom. The molecule has 4 heterocycles. The Hall–Kier alpha value is -2.64. The van der Waals surface area contributed by atoms with E-state index in [0.29, 0.717) is 5.15 Å². The minimum Gasteiger partial charge on any atom is -0.367 e. The second-order valence-corrected chi connectivity index (χ2v) is 9.51. The van der Waals surface area contributed by atoms with E-state index in [1.165, 1.54) is 0 Å². The maximum atomic E-state index is 12.7. The van der Waals surface area contributed by atoms with Gasteiger partial charge in [0.25, 0.3) is 0 Å². The van der Waals surface area contributed by atoms with Gasteiger partial charge in [-0.2, -0.15) is 0 Å². The molecule has 3 aromatic heterocycles. The Bertz CT molecular complexity index is 1110. The van der Waals surface area contributed by atoms with E-state index in [9.17, 15) is 4.79 Å². The first-order chi connectivity index (χ1) is 15.5. The average molecular weight is 453 g/mol. The number of hydrogen-bond donors (Lipinski definition) is 3. The highest BCUT2D eigenvalue weighted by molar-refractivity contribution is 6.29. The van der Waals surface area contributed by atoms with Crippen molar-refractivity contribution < 1.29 is 4.79 Å². The molecule has 0 bridgehead atoms. The summed E-state index contributed by atoms with van der Waals surface area (Å²) in [6, 6.07) is 8.36. The number of nitrogens with zero attached hydrogens (tertiary/aromatic N) is 3. The molecule has 2 fully saturated rings. The van der Waals surface area contributed by atoms with Gasteiger partial charge in [0.05, 0.1) is 5.92 Å². The van der Waals surface area contributed by atoms with Gasteiger partial charge in [-0.1, -0.05) is 11.6 Å².